The van der Waals surface area contributed by atoms with Gasteiger partial charge in [-0.15, -0.1) is 0 Å². The minimum absolute atomic E-state index is 0.265. The molecule has 0 saturated carbocycles. The van der Waals surface area contributed by atoms with Gasteiger partial charge < -0.3 is 15.7 Å². The zero-order valence-corrected chi connectivity index (χ0v) is 12.8. The molecule has 1 aromatic carbocycles. The highest BCUT2D eigenvalue weighted by molar-refractivity contribution is 5.92. The fourth-order valence-electron chi connectivity index (χ4n) is 2.36. The molecular formula is C16H17N5O2. The van der Waals surface area contributed by atoms with E-state index < -0.39 is 5.97 Å². The predicted molar refractivity (Wildman–Crippen MR) is 88.2 cm³/mol. The average Bonchev–Trinajstić information content (AvgIpc) is 2.94. The Morgan fingerprint density at radius 2 is 2.09 bits per heavy atom. The normalized spacial score (nSPS) is 17.0. The first kappa shape index (κ1) is 14.8. The van der Waals surface area contributed by atoms with E-state index in [9.17, 15) is 4.79 Å². The second kappa shape index (κ2) is 5.96. The number of aryl methyl sites for hydroxylation is 1. The number of aromatic carboxylic acids is 1. The summed E-state index contributed by atoms with van der Waals surface area (Å²) in [6.07, 6.45) is 5.08. The van der Waals surface area contributed by atoms with Crippen LogP contribution in [0.1, 0.15) is 22.8 Å². The van der Waals surface area contributed by atoms with E-state index >= 15 is 0 Å². The first-order chi connectivity index (χ1) is 11.0. The number of carbonyl (C=O) groups is 1. The van der Waals surface area contributed by atoms with Crippen LogP contribution in [0.15, 0.2) is 47.2 Å². The van der Waals surface area contributed by atoms with Crippen LogP contribution >= 0.6 is 0 Å². The number of carboxylic acid groups (broad SMARTS) is 1. The monoisotopic (exact) mass is 311 g/mol. The van der Waals surface area contributed by atoms with Crippen molar-refractivity contribution >= 4 is 23.6 Å². The summed E-state index contributed by atoms with van der Waals surface area (Å²) in [5.41, 5.74) is 3.94. The first-order valence-electron chi connectivity index (χ1n) is 7.12. The van der Waals surface area contributed by atoms with Crippen LogP contribution < -0.4 is 10.6 Å². The number of nitrogens with one attached hydrogen (secondary N) is 2. The topological polar surface area (TPSA) is 91.5 Å². The molecule has 1 aliphatic heterocycles. The number of benzene rings is 1. The number of rotatable bonds is 4. The van der Waals surface area contributed by atoms with Gasteiger partial charge in [0.05, 0.1) is 17.4 Å². The Labute approximate surface area is 133 Å². The van der Waals surface area contributed by atoms with Crippen molar-refractivity contribution in [3.05, 3.63) is 53.4 Å². The Bertz CT molecular complexity index is 789. The number of allylic oxidation sites excluding steroid dienone is 1. The molecule has 1 aliphatic rings. The molecule has 1 aromatic heterocycles. The van der Waals surface area contributed by atoms with Crippen molar-refractivity contribution in [1.29, 1.82) is 0 Å². The summed E-state index contributed by atoms with van der Waals surface area (Å²) in [6, 6.07) is 6.76. The lowest BCUT2D eigenvalue weighted by Gasteiger charge is -2.24. The van der Waals surface area contributed by atoms with Crippen molar-refractivity contribution in [3.8, 4) is 0 Å². The fourth-order valence-corrected chi connectivity index (χ4v) is 2.36. The molecule has 0 saturated heterocycles. The highest BCUT2D eigenvalue weighted by Crippen LogP contribution is 2.20. The smallest absolute Gasteiger partial charge is 0.335 e. The van der Waals surface area contributed by atoms with Crippen molar-refractivity contribution in [2.75, 3.05) is 5.32 Å². The molecule has 23 heavy (non-hydrogen) atoms. The summed E-state index contributed by atoms with van der Waals surface area (Å²) >= 11 is 0. The molecule has 0 aliphatic carbocycles. The van der Waals surface area contributed by atoms with Crippen molar-refractivity contribution in [2.45, 2.75) is 13.2 Å². The molecule has 1 unspecified atom stereocenters. The van der Waals surface area contributed by atoms with Crippen molar-refractivity contribution < 1.29 is 9.90 Å². The third kappa shape index (κ3) is 3.23. The van der Waals surface area contributed by atoms with Crippen LogP contribution in [0.5, 0.6) is 0 Å². The highest BCUT2D eigenvalue weighted by atomic mass is 16.4. The maximum atomic E-state index is 10.9. The van der Waals surface area contributed by atoms with E-state index in [1.54, 1.807) is 41.4 Å². The van der Waals surface area contributed by atoms with Gasteiger partial charge in [-0.3, -0.25) is 4.68 Å². The van der Waals surface area contributed by atoms with Gasteiger partial charge >= 0.3 is 5.97 Å². The Morgan fingerprint density at radius 1 is 1.35 bits per heavy atom. The average molecular weight is 311 g/mol. The summed E-state index contributed by atoms with van der Waals surface area (Å²) < 4.78 is 1.71. The minimum Gasteiger partial charge on any atom is -0.478 e. The van der Waals surface area contributed by atoms with Crippen LogP contribution in [-0.2, 0) is 7.05 Å². The fraction of sp³-hybridized carbons (Fsp3) is 0.188. The third-order valence-electron chi connectivity index (χ3n) is 3.52. The molecule has 2 aromatic rings. The van der Waals surface area contributed by atoms with E-state index in [0.29, 0.717) is 0 Å². The van der Waals surface area contributed by atoms with Gasteiger partial charge in [-0.1, -0.05) is 12.1 Å². The second-order valence-corrected chi connectivity index (χ2v) is 5.31. The zero-order chi connectivity index (χ0) is 16.4. The van der Waals surface area contributed by atoms with E-state index in [2.05, 4.69) is 20.7 Å². The van der Waals surface area contributed by atoms with E-state index in [0.717, 1.165) is 22.5 Å². The first-order valence-corrected chi connectivity index (χ1v) is 7.12. The lowest BCUT2D eigenvalue weighted by Crippen LogP contribution is -2.36. The predicted octanol–water partition coefficient (Wildman–Crippen LogP) is 1.92. The molecule has 7 heteroatoms. The SMILES string of the molecule is CC1=C(c2ccc(C(=O)O)cc2)NC(Nc2cnn(C)c2)N=C1. The standard InChI is InChI=1S/C16H17N5O2/c1-10-7-17-16(19-13-8-18-21(2)9-13)20-14(10)11-3-5-12(6-4-11)15(22)23/h3-9,16,19-20H,1-2H3,(H,22,23). The third-order valence-corrected chi connectivity index (χ3v) is 3.52. The minimum atomic E-state index is -0.934. The molecule has 0 spiro atoms. The quantitative estimate of drug-likeness (QED) is 0.802. The van der Waals surface area contributed by atoms with Gasteiger partial charge in [0, 0.05) is 25.2 Å². The van der Waals surface area contributed by atoms with Gasteiger partial charge in [-0.25, -0.2) is 9.79 Å². The zero-order valence-electron chi connectivity index (χ0n) is 12.8. The Morgan fingerprint density at radius 3 is 2.70 bits per heavy atom. The Balaban J connectivity index is 1.78. The molecule has 3 N–H and O–H groups in total. The van der Waals surface area contributed by atoms with Gasteiger partial charge in [0.25, 0.3) is 0 Å². The van der Waals surface area contributed by atoms with Crippen LogP contribution in [0.2, 0.25) is 0 Å². The second-order valence-electron chi connectivity index (χ2n) is 5.31. The van der Waals surface area contributed by atoms with Crippen molar-refractivity contribution in [3.63, 3.8) is 0 Å². The number of aromatic nitrogens is 2. The molecule has 0 bridgehead atoms. The van der Waals surface area contributed by atoms with Crippen LogP contribution in [0.3, 0.4) is 0 Å². The number of hydrogen-bond acceptors (Lipinski definition) is 5. The summed E-state index contributed by atoms with van der Waals surface area (Å²) in [5.74, 6) is -0.934. The molecule has 118 valence electrons. The summed E-state index contributed by atoms with van der Waals surface area (Å²) in [5, 5.41) is 19.6. The van der Waals surface area contributed by atoms with E-state index in [1.165, 1.54) is 0 Å². The molecule has 1 atom stereocenters. The maximum Gasteiger partial charge on any atom is 0.335 e. The molecule has 2 heterocycles. The molecule has 7 nitrogen and oxygen atoms in total. The Kier molecular flexibility index (Phi) is 3.84. The van der Waals surface area contributed by atoms with Gasteiger partial charge in [-0.2, -0.15) is 5.10 Å². The van der Waals surface area contributed by atoms with E-state index in [4.69, 9.17) is 5.11 Å². The Hall–Kier alpha value is -3.09. The number of carboxylic acids is 1. The molecule has 0 amide bonds. The van der Waals surface area contributed by atoms with Gasteiger partial charge in [-0.05, 0) is 30.2 Å². The molecular weight excluding hydrogens is 294 g/mol. The number of aliphatic imine (C=N–C) groups is 1. The van der Waals surface area contributed by atoms with Crippen LogP contribution in [0.25, 0.3) is 5.70 Å². The summed E-state index contributed by atoms with van der Waals surface area (Å²) in [6.45, 7) is 1.96. The van der Waals surface area contributed by atoms with Crippen LogP contribution in [0.4, 0.5) is 5.69 Å². The molecule has 0 radical (unpaired) electrons. The summed E-state index contributed by atoms with van der Waals surface area (Å²) in [7, 11) is 1.85. The number of hydrogen-bond donors (Lipinski definition) is 3. The number of anilines is 1. The van der Waals surface area contributed by atoms with Crippen LogP contribution in [-0.4, -0.2) is 33.4 Å². The number of nitrogens with zero attached hydrogens (tertiary/aromatic N) is 3. The van der Waals surface area contributed by atoms with Gasteiger partial charge in [0.15, 0.2) is 6.29 Å². The van der Waals surface area contributed by atoms with Gasteiger partial charge in [0.2, 0.25) is 0 Å². The van der Waals surface area contributed by atoms with E-state index in [-0.39, 0.29) is 11.9 Å². The van der Waals surface area contributed by atoms with Gasteiger partial charge in [0.1, 0.15) is 0 Å². The summed E-state index contributed by atoms with van der Waals surface area (Å²) in [4.78, 5) is 15.3. The lowest BCUT2D eigenvalue weighted by atomic mass is 10.0. The highest BCUT2D eigenvalue weighted by Gasteiger charge is 2.16. The molecule has 3 rings (SSSR count). The molecule has 0 fully saturated rings. The maximum absolute atomic E-state index is 10.9. The van der Waals surface area contributed by atoms with Crippen molar-refractivity contribution in [2.24, 2.45) is 12.0 Å². The van der Waals surface area contributed by atoms with E-state index in [1.807, 2.05) is 20.2 Å². The van der Waals surface area contributed by atoms with Crippen molar-refractivity contribution in [1.82, 2.24) is 15.1 Å². The lowest BCUT2D eigenvalue weighted by molar-refractivity contribution is 0.0697. The largest absolute Gasteiger partial charge is 0.478 e. The van der Waals surface area contributed by atoms with Crippen LogP contribution in [0, 0.1) is 0 Å².